The van der Waals surface area contributed by atoms with Crippen molar-refractivity contribution >= 4 is 80.9 Å². The van der Waals surface area contributed by atoms with E-state index in [1.54, 1.807) is 0 Å². The van der Waals surface area contributed by atoms with E-state index < -0.39 is 141 Å². The van der Waals surface area contributed by atoms with E-state index in [2.05, 4.69) is 69.9 Å². The highest BCUT2D eigenvalue weighted by atomic mass is 31.3. The number of fused-ring (bicyclic) bond motifs is 2. The molecule has 0 spiro atoms. The first-order valence-electron chi connectivity index (χ1n) is 19.3. The number of nitrogen functional groups attached to an aromatic ring is 2. The fourth-order valence-electron chi connectivity index (χ4n) is 7.10. The van der Waals surface area contributed by atoms with Crippen LogP contribution in [0, 0.1) is 29.5 Å². The summed E-state index contributed by atoms with van der Waals surface area (Å²) in [6.07, 6.45) is -12.4. The third-order valence-corrected chi connectivity index (χ3v) is 17.5. The number of aliphatic hydroxyl groups is 4. The average Bonchev–Trinajstić information content (AvgIpc) is 3.88. The van der Waals surface area contributed by atoms with Gasteiger partial charge in [0.05, 0.1) is 17.6 Å². The zero-order valence-corrected chi connectivity index (χ0v) is 42.1. The number of nitrogens with zero attached hydrogens (tertiary/aromatic N) is 4. The zero-order chi connectivity index (χ0) is 55.4. The molecule has 0 saturated carbocycles. The second kappa shape index (κ2) is 21.2. The van der Waals surface area contributed by atoms with Crippen molar-refractivity contribution in [2.24, 2.45) is 0 Å². The summed E-state index contributed by atoms with van der Waals surface area (Å²) < 4.78 is 121. The van der Waals surface area contributed by atoms with Gasteiger partial charge in [0, 0.05) is 12.4 Å². The Bertz CT molecular complexity index is 3340. The van der Waals surface area contributed by atoms with Crippen LogP contribution in [0.15, 0.2) is 28.0 Å². The number of hydrogen-bond acceptors (Lipinski definition) is 24. The second-order valence-corrected chi connectivity index (χ2v) is 23.7. The van der Waals surface area contributed by atoms with E-state index in [0.717, 1.165) is 23.0 Å². The van der Waals surface area contributed by atoms with Crippen LogP contribution >= 0.6 is 46.9 Å². The highest BCUT2D eigenvalue weighted by Gasteiger charge is 2.60. The molecule has 0 radical (unpaired) electrons. The van der Waals surface area contributed by atoms with E-state index in [9.17, 15) is 81.4 Å². The summed E-state index contributed by atoms with van der Waals surface area (Å²) in [5.74, 6) is 7.56. The highest BCUT2D eigenvalue weighted by molar-refractivity contribution is 7.67. The van der Waals surface area contributed by atoms with Crippen LogP contribution in [0.4, 0.5) is 16.3 Å². The minimum Gasteiger partial charge on any atom is -0.386 e. The Hall–Kier alpha value is -3.93. The molecule has 4 aromatic rings. The molecular weight excluding hydrogens is 1130 g/mol. The number of aromatic amines is 2. The molecule has 36 nitrogen and oxygen atoms in total. The maximum absolute atomic E-state index is 14.6. The van der Waals surface area contributed by atoms with E-state index in [-0.39, 0.29) is 17.0 Å². The third-order valence-electron chi connectivity index (χ3n) is 9.62. The quantitative estimate of drug-likeness (QED) is 0.0436. The summed E-state index contributed by atoms with van der Waals surface area (Å²) in [5.41, 5.74) is 4.04. The molecule has 14 atom stereocenters. The van der Waals surface area contributed by atoms with Crippen LogP contribution in [0.1, 0.15) is 40.2 Å². The average molecular weight is 1170 g/mol. The molecule has 6 heterocycles. The summed E-state index contributed by atoms with van der Waals surface area (Å²) in [4.78, 5) is 109. The molecule has 43 heteroatoms. The summed E-state index contributed by atoms with van der Waals surface area (Å²) in [7, 11) is -34.1. The smallest absolute Gasteiger partial charge is 0.386 e. The number of anilines is 2. The molecule has 0 aliphatic carbocycles. The molecule has 406 valence electrons. The Morgan fingerprint density at radius 2 is 1.08 bits per heavy atom. The van der Waals surface area contributed by atoms with E-state index in [1.807, 2.05) is 0 Å². The molecule has 6 rings (SSSR count). The lowest BCUT2D eigenvalue weighted by molar-refractivity contribution is -0.0831. The van der Waals surface area contributed by atoms with Gasteiger partial charge in [-0.05, 0) is 33.8 Å². The van der Waals surface area contributed by atoms with Crippen LogP contribution in [-0.4, -0.2) is 136 Å². The zero-order valence-electron chi connectivity index (χ0n) is 36.8. The molecule has 4 aromatic heterocycles. The van der Waals surface area contributed by atoms with Gasteiger partial charge in [0.15, 0.2) is 40.8 Å². The van der Waals surface area contributed by atoms with Gasteiger partial charge in [0.25, 0.3) is 11.1 Å². The number of aromatic nitrogens is 6. The van der Waals surface area contributed by atoms with Gasteiger partial charge in [-0.15, -0.1) is 11.8 Å². The Labute approximate surface area is 404 Å². The summed E-state index contributed by atoms with van der Waals surface area (Å²) in [6.45, 7) is 4.62. The van der Waals surface area contributed by atoms with Crippen LogP contribution in [0.2, 0.25) is 0 Å². The third kappa shape index (κ3) is 13.7. The molecule has 73 heavy (non-hydrogen) atoms. The molecule has 0 bridgehead atoms. The van der Waals surface area contributed by atoms with Crippen LogP contribution in [0.25, 0.3) is 22.1 Å². The molecule has 2 fully saturated rings. The van der Waals surface area contributed by atoms with Crippen molar-refractivity contribution in [3.8, 4) is 23.7 Å². The fourth-order valence-corrected chi connectivity index (χ4v) is 13.5. The topological polar surface area (TPSA) is 572 Å². The van der Waals surface area contributed by atoms with Gasteiger partial charge >= 0.3 is 46.9 Å². The Morgan fingerprint density at radius 3 is 1.49 bits per heavy atom. The number of hydrogen-bond donors (Lipinski definition) is 16. The van der Waals surface area contributed by atoms with E-state index in [0.29, 0.717) is 6.20 Å². The molecule has 6 unspecified atom stereocenters. The highest BCUT2D eigenvalue weighted by Crippen LogP contribution is 2.68. The van der Waals surface area contributed by atoms with Gasteiger partial charge in [0.2, 0.25) is 11.9 Å². The Balaban J connectivity index is 0.000000271. The lowest BCUT2D eigenvalue weighted by Crippen LogP contribution is -2.47. The molecule has 18 N–H and O–H groups in total. The normalized spacial score (nSPS) is 28.5. The number of rotatable bonds is 16. The van der Waals surface area contributed by atoms with Gasteiger partial charge in [-0.2, -0.15) is 27.2 Å². The van der Waals surface area contributed by atoms with Gasteiger partial charge < -0.3 is 85.1 Å². The van der Waals surface area contributed by atoms with E-state index in [1.165, 1.54) is 26.1 Å². The van der Waals surface area contributed by atoms with E-state index >= 15 is 0 Å². The second-order valence-electron chi connectivity index (χ2n) is 14.9. The molecule has 2 aliphatic heterocycles. The maximum atomic E-state index is 14.6. The van der Waals surface area contributed by atoms with Gasteiger partial charge in [-0.25, -0.2) is 31.8 Å². The minimum absolute atomic E-state index is 0.0406. The Morgan fingerprint density at radius 1 is 0.685 bits per heavy atom. The number of halogens is 1. The molecule has 0 amide bonds. The summed E-state index contributed by atoms with van der Waals surface area (Å²) >= 11 is 0. The maximum Gasteiger partial charge on any atom is 0.490 e. The first-order chi connectivity index (χ1) is 33.2. The van der Waals surface area contributed by atoms with Crippen molar-refractivity contribution in [3.63, 3.8) is 0 Å². The standard InChI is InChI=1S/C15H20FN4O14P3.C15H21N4O14P3/c1-3-4-15(23)10(21)9(6(2)32-36(27,28)34-37(29,30)33-35(24,25)26)31-13(15)20-5-7(16)8-11(20)18-14(17)19-12(8)22;1-3-5-15(22)10(20)9(7(2)31-35(26,27)33-36(28,29)32-34(23,24)25)30-13(15)19-6-4-8-11(19)17-14(16)18-12(8)21/h5-6,9-10,13,21,23H,1-2H3,(H,27,28)(H,29,30)(H2,24,25,26)(H3,17,18,19,22);4,6-7,9-10,13,20,22H,1-2H3,(H,26,27)(H,28,29)(H2,23,24,25)(H3,16,17,18,21)/t6-,9-,10+,13-,15?;7-,9-,10+,13-,15?/m11/s1. The predicted octanol–water partition coefficient (Wildman–Crippen LogP) is -1.76. The summed E-state index contributed by atoms with van der Waals surface area (Å²) in [5, 5.41) is 43.4. The van der Waals surface area contributed by atoms with Crippen molar-refractivity contribution in [2.45, 2.75) is 88.0 Å². The van der Waals surface area contributed by atoms with Gasteiger partial charge in [-0.1, -0.05) is 11.8 Å². The molecular formula is C30H41FN8O28P6. The number of nitrogens with one attached hydrogen (secondary N) is 2. The number of aliphatic hydroxyl groups excluding tert-OH is 2. The monoisotopic (exact) mass is 1170 g/mol. The van der Waals surface area contributed by atoms with Gasteiger partial charge in [-0.3, -0.25) is 33.2 Å². The SMILES string of the molecule is CC#CC1(O)[C@@H](O)[C@@H]([C@@H](C)OP(=O)(O)OP(=O)(O)OP(=O)(O)O)O[C@H]1n1cc(F)c2c(=O)[nH]c(N)nc21.CC#CC1(O)[C@@H](O)[C@@H]([C@@H](C)OP(=O)(O)OP(=O)(O)OP(=O)(O)O)O[C@H]1n1ccc2c(=O)[nH]c(N)nc21. The van der Waals surface area contributed by atoms with Crippen molar-refractivity contribution in [2.75, 3.05) is 11.5 Å². The predicted molar refractivity (Wildman–Crippen MR) is 235 cm³/mol. The van der Waals surface area contributed by atoms with Crippen molar-refractivity contribution in [1.82, 2.24) is 29.1 Å². The number of phosphoric acid groups is 6. The first-order valence-corrected chi connectivity index (χ1v) is 28.3. The van der Waals surface area contributed by atoms with Crippen LogP contribution < -0.4 is 22.6 Å². The number of ether oxygens (including phenoxy) is 2. The number of nitrogens with two attached hydrogens (primary N) is 2. The van der Waals surface area contributed by atoms with E-state index in [4.69, 9.17) is 40.5 Å². The molecule has 2 saturated heterocycles. The van der Waals surface area contributed by atoms with Crippen molar-refractivity contribution in [3.05, 3.63) is 45.0 Å². The lowest BCUT2D eigenvalue weighted by atomic mass is 9.93. The first kappa shape index (κ1) is 59.9. The minimum atomic E-state index is -5.84. The Kier molecular flexibility index (Phi) is 17.4. The van der Waals surface area contributed by atoms with Crippen LogP contribution in [0.3, 0.4) is 0 Å². The largest absolute Gasteiger partial charge is 0.490 e. The number of H-pyrrole nitrogens is 2. The van der Waals surface area contributed by atoms with Crippen molar-refractivity contribution in [1.29, 1.82) is 0 Å². The van der Waals surface area contributed by atoms with Crippen LogP contribution in [-0.2, 0) is 63.2 Å². The number of phosphoric ester groups is 2. The summed E-state index contributed by atoms with van der Waals surface area (Å²) in [6, 6.07) is 1.32. The van der Waals surface area contributed by atoms with Gasteiger partial charge in [0.1, 0.15) is 29.8 Å². The lowest BCUT2D eigenvalue weighted by Gasteiger charge is -2.27. The van der Waals surface area contributed by atoms with Crippen molar-refractivity contribution < 1.29 is 127 Å². The molecule has 2 aliphatic rings. The van der Waals surface area contributed by atoms with Crippen LogP contribution in [0.5, 0.6) is 0 Å². The molecule has 0 aromatic carbocycles. The fraction of sp³-hybridized carbons (Fsp3) is 0.467.